The number of hydrogen-bond acceptors (Lipinski definition) is 16. The Hall–Kier alpha value is -0.540. The third-order valence-corrected chi connectivity index (χ3v) is 8.55. The number of phosphoric acid groups is 2. The summed E-state index contributed by atoms with van der Waals surface area (Å²) in [6.45, 7) is -0.313. The van der Waals surface area contributed by atoms with E-state index in [1.54, 1.807) is 0 Å². The molecule has 19 nitrogen and oxygen atoms in total. The van der Waals surface area contributed by atoms with Gasteiger partial charge in [0, 0.05) is 30.8 Å². The van der Waals surface area contributed by atoms with Crippen molar-refractivity contribution < 1.29 is 111 Å². The van der Waals surface area contributed by atoms with E-state index in [0.717, 1.165) is 9.13 Å². The smallest absolute Gasteiger partial charge is 0.756 e. The van der Waals surface area contributed by atoms with Crippen LogP contribution in [0.15, 0.2) is 32.8 Å². The van der Waals surface area contributed by atoms with Crippen LogP contribution in [0, 0.1) is 6.92 Å². The number of aryl methyl sites for hydroxylation is 1. The zero-order valence-corrected chi connectivity index (χ0v) is 28.4. The topological polar surface area (TPSA) is 283 Å². The van der Waals surface area contributed by atoms with Gasteiger partial charge in [-0.2, -0.15) is 4.98 Å². The molecule has 0 spiro atoms. The zero-order chi connectivity index (χ0) is 29.4. The van der Waals surface area contributed by atoms with Crippen molar-refractivity contribution in [3.63, 3.8) is 0 Å². The predicted molar refractivity (Wildman–Crippen MR) is 126 cm³/mol. The molecule has 23 heteroatoms. The maximum atomic E-state index is 12.1. The second-order valence-corrected chi connectivity index (χ2v) is 11.9. The number of nitrogens with two attached hydrogens (primary N) is 1. The molecule has 2 aliphatic heterocycles. The summed E-state index contributed by atoms with van der Waals surface area (Å²) in [5.41, 5.74) is 3.39. The van der Waals surface area contributed by atoms with Crippen molar-refractivity contribution in [2.75, 3.05) is 18.9 Å². The van der Waals surface area contributed by atoms with Crippen LogP contribution in [0.3, 0.4) is 0 Å². The molecule has 0 radical (unpaired) electrons. The fourth-order valence-corrected chi connectivity index (χ4v) is 6.03. The molecule has 0 saturated carbocycles. The third kappa shape index (κ3) is 9.48. The van der Waals surface area contributed by atoms with Crippen molar-refractivity contribution >= 4 is 21.5 Å². The summed E-state index contributed by atoms with van der Waals surface area (Å²) in [4.78, 5) is 65.3. The molecule has 222 valence electrons. The Balaban J connectivity index is 0.00000308. The number of aliphatic hydroxyl groups excluding tert-OH is 2. The van der Waals surface area contributed by atoms with Crippen molar-refractivity contribution in [2.45, 2.75) is 56.6 Å². The Bertz CT molecular complexity index is 1520. The number of aromatic amines is 1. The van der Waals surface area contributed by atoms with E-state index < -0.39 is 82.7 Å². The number of aromatic nitrogens is 4. The SMILES string of the molecule is Cc1cn([C@H]2C[C@@H](O)[C@@H](COP(=O)([O-])OP(=O)([O-])OC[C@H]3O[C@@H](n4ccc(N)nc4=O)CC3O)O2)c(=O)[nH]c1=O.[Na+].[Na+]. The van der Waals surface area contributed by atoms with Crippen LogP contribution in [0.2, 0.25) is 0 Å². The quantitative estimate of drug-likeness (QED) is 0.137. The number of aliphatic hydroxyl groups is 2. The maximum Gasteiger partial charge on any atom is 1.00 e. The summed E-state index contributed by atoms with van der Waals surface area (Å²) < 4.78 is 50.2. The number of nitrogens with one attached hydrogen (secondary N) is 1. The predicted octanol–water partition coefficient (Wildman–Crippen LogP) is -9.02. The van der Waals surface area contributed by atoms with Gasteiger partial charge in [-0.1, -0.05) is 0 Å². The molecular weight excluding hydrogens is 630 g/mol. The van der Waals surface area contributed by atoms with Gasteiger partial charge in [-0.3, -0.25) is 28.0 Å². The summed E-state index contributed by atoms with van der Waals surface area (Å²) in [6.07, 6.45) is -5.15. The first kappa shape index (κ1) is 37.6. The Labute approximate surface area is 280 Å². The average molecular weight is 655 g/mol. The van der Waals surface area contributed by atoms with Crippen molar-refractivity contribution in [3.8, 4) is 0 Å². The van der Waals surface area contributed by atoms with Crippen molar-refractivity contribution in [3.05, 3.63) is 55.3 Å². The van der Waals surface area contributed by atoms with Gasteiger partial charge in [-0.25, -0.2) is 13.9 Å². The monoisotopic (exact) mass is 655 g/mol. The number of ether oxygens (including phenoxy) is 2. The summed E-state index contributed by atoms with van der Waals surface area (Å²) >= 11 is 0. The van der Waals surface area contributed by atoms with E-state index in [9.17, 15) is 43.5 Å². The Morgan fingerprint density at radius 2 is 1.52 bits per heavy atom. The van der Waals surface area contributed by atoms with Crippen LogP contribution < -0.4 is 91.6 Å². The molecule has 0 amide bonds. The molecule has 2 aromatic heterocycles. The van der Waals surface area contributed by atoms with Gasteiger partial charge in [0.2, 0.25) is 0 Å². The summed E-state index contributed by atoms with van der Waals surface area (Å²) in [5, 5.41) is 20.4. The summed E-state index contributed by atoms with van der Waals surface area (Å²) in [7, 11) is -11.2. The normalized spacial score (nSPS) is 28.3. The second kappa shape index (κ2) is 15.2. The number of hydrogen-bond donors (Lipinski definition) is 4. The first-order chi connectivity index (χ1) is 18.6. The van der Waals surface area contributed by atoms with Gasteiger partial charge >= 0.3 is 70.5 Å². The molecule has 2 fully saturated rings. The molecular formula is C19H25N5Na2O14P2. The number of phosphoric ester groups is 2. The maximum absolute atomic E-state index is 12.1. The molecule has 0 bridgehead atoms. The first-order valence-corrected chi connectivity index (χ1v) is 14.5. The number of nitrogen functional groups attached to an aromatic ring is 1. The minimum absolute atomic E-state index is 0. The van der Waals surface area contributed by atoms with Gasteiger partial charge in [0.15, 0.2) is 0 Å². The minimum Gasteiger partial charge on any atom is -0.756 e. The Morgan fingerprint density at radius 1 is 1.02 bits per heavy atom. The number of nitrogens with zero attached hydrogens (tertiary/aromatic N) is 3. The van der Waals surface area contributed by atoms with Crippen molar-refractivity contribution in [1.29, 1.82) is 0 Å². The van der Waals surface area contributed by atoms with Crippen LogP contribution in [-0.4, -0.2) is 66.9 Å². The van der Waals surface area contributed by atoms with Crippen molar-refractivity contribution in [2.24, 2.45) is 0 Å². The van der Waals surface area contributed by atoms with Crippen LogP contribution in [-0.2, 0) is 32.0 Å². The van der Waals surface area contributed by atoms with Crippen LogP contribution in [0.25, 0.3) is 0 Å². The fourth-order valence-electron chi connectivity index (χ4n) is 4.02. The van der Waals surface area contributed by atoms with Crippen LogP contribution >= 0.6 is 15.6 Å². The first-order valence-electron chi connectivity index (χ1n) is 11.6. The molecule has 5 N–H and O–H groups in total. The fraction of sp³-hybridized carbons (Fsp3) is 0.579. The summed E-state index contributed by atoms with van der Waals surface area (Å²) in [5.74, 6) is -0.0402. The van der Waals surface area contributed by atoms with E-state index in [1.165, 1.54) is 25.4 Å². The van der Waals surface area contributed by atoms with Crippen molar-refractivity contribution in [1.82, 2.24) is 19.1 Å². The van der Waals surface area contributed by atoms with Gasteiger partial charge in [0.25, 0.3) is 21.2 Å². The van der Waals surface area contributed by atoms with Crippen LogP contribution in [0.1, 0.15) is 30.9 Å². The molecule has 0 aromatic carbocycles. The Morgan fingerprint density at radius 3 is 2.02 bits per heavy atom. The molecule has 42 heavy (non-hydrogen) atoms. The molecule has 3 unspecified atom stereocenters. The van der Waals surface area contributed by atoms with E-state index in [1.807, 2.05) is 0 Å². The third-order valence-electron chi connectivity index (χ3n) is 6.02. The van der Waals surface area contributed by atoms with Gasteiger partial charge in [-0.05, 0) is 13.0 Å². The van der Waals surface area contributed by atoms with E-state index in [0.29, 0.717) is 0 Å². The van der Waals surface area contributed by atoms with Gasteiger partial charge in [0.1, 0.15) is 30.5 Å². The molecule has 2 aromatic rings. The van der Waals surface area contributed by atoms with E-state index in [4.69, 9.17) is 15.2 Å². The van der Waals surface area contributed by atoms with E-state index in [-0.39, 0.29) is 83.3 Å². The molecule has 4 heterocycles. The number of rotatable bonds is 10. The molecule has 2 aliphatic rings. The zero-order valence-electron chi connectivity index (χ0n) is 22.6. The minimum atomic E-state index is -5.58. The number of anilines is 1. The van der Waals surface area contributed by atoms with Crippen LogP contribution in [0.4, 0.5) is 5.82 Å². The van der Waals surface area contributed by atoms with Crippen LogP contribution in [0.5, 0.6) is 0 Å². The van der Waals surface area contributed by atoms with Gasteiger partial charge in [0.05, 0.1) is 25.4 Å². The molecule has 0 aliphatic carbocycles. The Kier molecular flexibility index (Phi) is 13.6. The molecule has 2 saturated heterocycles. The molecule has 4 rings (SSSR count). The standard InChI is InChI=1S/C19H27N5O14P2.2Na/c1-9-6-24(19(29)22-17(9)27)16-5-11(26)13(37-16)8-35-40(32,33)38-39(30,31)34-7-12-10(25)4-15(36-12)23-3-2-14(20)21-18(23)28;;/h2-3,6,10-13,15-16,25-26H,4-5,7-8H2,1H3,(H,30,31)(H,32,33)(H2,20,21,28)(H,22,27,29);;/q;2*+1/p-2/t10?,11-,12-,13-,15-,16-;;/m1../s1. The average Bonchev–Trinajstić information content (AvgIpc) is 3.40. The van der Waals surface area contributed by atoms with E-state index >= 15 is 0 Å². The van der Waals surface area contributed by atoms with Gasteiger partial charge in [-0.15, -0.1) is 0 Å². The number of H-pyrrole nitrogens is 1. The van der Waals surface area contributed by atoms with E-state index in [2.05, 4.69) is 23.3 Å². The second-order valence-electron chi connectivity index (χ2n) is 8.95. The summed E-state index contributed by atoms with van der Waals surface area (Å²) in [6, 6.07) is 1.31. The van der Waals surface area contributed by atoms with Gasteiger partial charge < -0.3 is 44.3 Å². The largest absolute Gasteiger partial charge is 1.00 e. The molecule has 8 atom stereocenters.